The molecular formula is C25H33N5O4. The number of nitrogens with zero attached hydrogens (tertiary/aromatic N) is 5. The average molecular weight is 468 g/mol. The first-order valence-electron chi connectivity index (χ1n) is 11.5. The van der Waals surface area contributed by atoms with E-state index in [1.54, 1.807) is 17.2 Å². The Morgan fingerprint density at radius 3 is 2.21 bits per heavy atom. The number of fused-ring (bicyclic) bond motifs is 1. The van der Waals surface area contributed by atoms with Gasteiger partial charge in [0.25, 0.3) is 0 Å². The number of aromatic carboxylic acids is 1. The van der Waals surface area contributed by atoms with Gasteiger partial charge in [0.1, 0.15) is 5.60 Å². The molecule has 1 N–H and O–H groups in total. The predicted molar refractivity (Wildman–Crippen MR) is 131 cm³/mol. The van der Waals surface area contributed by atoms with Crippen molar-refractivity contribution in [2.75, 3.05) is 31.1 Å². The van der Waals surface area contributed by atoms with Crippen LogP contribution in [0.2, 0.25) is 0 Å². The Hall–Kier alpha value is -3.62. The third-order valence-electron chi connectivity index (χ3n) is 5.34. The molecule has 1 fully saturated rings. The Morgan fingerprint density at radius 1 is 1.03 bits per heavy atom. The molecule has 1 aliphatic heterocycles. The summed E-state index contributed by atoms with van der Waals surface area (Å²) in [5, 5.41) is 13.9. The number of ether oxygens (including phenoxy) is 1. The van der Waals surface area contributed by atoms with Crippen LogP contribution < -0.4 is 4.90 Å². The molecule has 2 aromatic heterocycles. The maximum atomic E-state index is 12.3. The van der Waals surface area contributed by atoms with Crippen LogP contribution in [-0.2, 0) is 4.74 Å². The number of rotatable bonds is 3. The Morgan fingerprint density at radius 2 is 1.65 bits per heavy atom. The van der Waals surface area contributed by atoms with Crippen molar-refractivity contribution in [3.05, 3.63) is 47.9 Å². The van der Waals surface area contributed by atoms with Gasteiger partial charge in [-0.25, -0.2) is 19.1 Å². The fraction of sp³-hybridized carbons (Fsp3) is 0.440. The first-order chi connectivity index (χ1) is 16.1. The molecule has 0 unspecified atom stereocenters. The van der Waals surface area contributed by atoms with E-state index in [1.807, 2.05) is 65.8 Å². The minimum atomic E-state index is -1.09. The second-order valence-electron chi connectivity index (χ2n) is 8.88. The van der Waals surface area contributed by atoms with Crippen LogP contribution >= 0.6 is 0 Å². The number of benzene rings is 1. The Labute approximate surface area is 200 Å². The number of carbonyl (C=O) groups excluding carboxylic acids is 1. The summed E-state index contributed by atoms with van der Waals surface area (Å²) < 4.78 is 6.99. The smallest absolute Gasteiger partial charge is 0.410 e. The molecule has 34 heavy (non-hydrogen) atoms. The molecule has 182 valence electrons. The maximum Gasteiger partial charge on any atom is 0.410 e. The molecule has 1 aliphatic rings. The zero-order valence-electron chi connectivity index (χ0n) is 20.7. The van der Waals surface area contributed by atoms with Gasteiger partial charge in [0.05, 0.1) is 11.9 Å². The Balaban J connectivity index is 0.00000158. The highest BCUT2D eigenvalue weighted by atomic mass is 16.6. The van der Waals surface area contributed by atoms with Crippen molar-refractivity contribution >= 4 is 23.4 Å². The van der Waals surface area contributed by atoms with Gasteiger partial charge in [-0.2, -0.15) is 5.10 Å². The number of carbonyl (C=O) groups is 2. The van der Waals surface area contributed by atoms with E-state index in [1.165, 1.54) is 4.52 Å². The fourth-order valence-electron chi connectivity index (χ4n) is 3.73. The van der Waals surface area contributed by atoms with Gasteiger partial charge in [-0.05, 0) is 51.5 Å². The van der Waals surface area contributed by atoms with Crippen LogP contribution in [0.5, 0.6) is 0 Å². The standard InChI is InChI=1S/C23H27N5O4.C2H6/c1-15-14-24-19-13-18(20(21(29)30)25-28(15)19)16-5-7-17(8-6-16)26-9-11-27(12-10-26)22(31)32-23(2,3)4;1-2/h5-8,13-14H,9-12H2,1-4H3,(H,29,30);1-2H3. The molecule has 0 radical (unpaired) electrons. The van der Waals surface area contributed by atoms with Gasteiger partial charge in [0.15, 0.2) is 11.3 Å². The van der Waals surface area contributed by atoms with E-state index in [4.69, 9.17) is 4.74 Å². The van der Waals surface area contributed by atoms with E-state index in [9.17, 15) is 14.7 Å². The Bertz CT molecular complexity index is 1160. The minimum absolute atomic E-state index is 0.0164. The van der Waals surface area contributed by atoms with E-state index in [0.29, 0.717) is 37.4 Å². The number of hydrogen-bond acceptors (Lipinski definition) is 6. The maximum absolute atomic E-state index is 12.3. The second kappa shape index (κ2) is 10.1. The summed E-state index contributed by atoms with van der Waals surface area (Å²) in [6.45, 7) is 14.0. The van der Waals surface area contributed by atoms with Crippen molar-refractivity contribution in [1.29, 1.82) is 0 Å². The van der Waals surface area contributed by atoms with Crippen molar-refractivity contribution in [3.8, 4) is 11.1 Å². The van der Waals surface area contributed by atoms with Gasteiger partial charge in [0, 0.05) is 37.4 Å². The highest BCUT2D eigenvalue weighted by Crippen LogP contribution is 2.27. The van der Waals surface area contributed by atoms with E-state index in [0.717, 1.165) is 16.9 Å². The lowest BCUT2D eigenvalue weighted by Gasteiger charge is -2.36. The van der Waals surface area contributed by atoms with E-state index < -0.39 is 11.6 Å². The van der Waals surface area contributed by atoms with Gasteiger partial charge in [-0.1, -0.05) is 26.0 Å². The summed E-state index contributed by atoms with van der Waals surface area (Å²) in [5.41, 5.74) is 3.15. The molecule has 4 rings (SSSR count). The lowest BCUT2D eigenvalue weighted by molar-refractivity contribution is 0.0240. The summed E-state index contributed by atoms with van der Waals surface area (Å²) in [5.74, 6) is -1.09. The summed E-state index contributed by atoms with van der Waals surface area (Å²) in [4.78, 5) is 32.3. The van der Waals surface area contributed by atoms with Crippen LogP contribution in [0.3, 0.4) is 0 Å². The molecule has 3 aromatic rings. The predicted octanol–water partition coefficient (Wildman–Crippen LogP) is 4.49. The summed E-state index contributed by atoms with van der Waals surface area (Å²) in [7, 11) is 0. The summed E-state index contributed by atoms with van der Waals surface area (Å²) in [6, 6.07) is 9.46. The molecule has 0 aliphatic carbocycles. The quantitative estimate of drug-likeness (QED) is 0.606. The molecule has 9 nitrogen and oxygen atoms in total. The SMILES string of the molecule is CC.Cc1cnc2cc(-c3ccc(N4CCN(C(=O)OC(C)(C)C)CC4)cc3)c(C(=O)O)nn12. The molecular weight excluding hydrogens is 434 g/mol. The van der Waals surface area contributed by atoms with Gasteiger partial charge < -0.3 is 19.6 Å². The lowest BCUT2D eigenvalue weighted by Crippen LogP contribution is -2.50. The molecule has 0 spiro atoms. The number of anilines is 1. The van der Waals surface area contributed by atoms with Gasteiger partial charge in [-0.15, -0.1) is 0 Å². The molecule has 0 saturated carbocycles. The van der Waals surface area contributed by atoms with E-state index in [2.05, 4.69) is 15.0 Å². The van der Waals surface area contributed by atoms with Gasteiger partial charge >= 0.3 is 12.1 Å². The largest absolute Gasteiger partial charge is 0.476 e. The molecule has 9 heteroatoms. The third-order valence-corrected chi connectivity index (χ3v) is 5.34. The molecule has 1 amide bonds. The van der Waals surface area contributed by atoms with E-state index in [-0.39, 0.29) is 11.8 Å². The van der Waals surface area contributed by atoms with Crippen LogP contribution in [0.15, 0.2) is 36.5 Å². The van der Waals surface area contributed by atoms with Gasteiger partial charge in [-0.3, -0.25) is 0 Å². The number of aromatic nitrogens is 3. The summed E-state index contributed by atoms with van der Waals surface area (Å²) in [6.07, 6.45) is 1.38. The topological polar surface area (TPSA) is 100 Å². The van der Waals surface area contributed by atoms with Crippen molar-refractivity contribution in [1.82, 2.24) is 19.5 Å². The van der Waals surface area contributed by atoms with Crippen LogP contribution in [0, 0.1) is 6.92 Å². The third kappa shape index (κ3) is 5.47. The molecule has 1 saturated heterocycles. The first kappa shape index (κ1) is 25.0. The van der Waals surface area contributed by atoms with Crippen LogP contribution in [0.4, 0.5) is 10.5 Å². The number of piperazine rings is 1. The summed E-state index contributed by atoms with van der Waals surface area (Å²) >= 11 is 0. The number of carboxylic acid groups (broad SMARTS) is 1. The lowest BCUT2D eigenvalue weighted by atomic mass is 10.0. The monoisotopic (exact) mass is 467 g/mol. The molecule has 0 bridgehead atoms. The normalized spacial score (nSPS) is 13.9. The highest BCUT2D eigenvalue weighted by Gasteiger charge is 2.26. The molecule has 1 aromatic carbocycles. The number of carboxylic acids is 1. The van der Waals surface area contributed by atoms with Crippen molar-refractivity contribution < 1.29 is 19.4 Å². The zero-order valence-corrected chi connectivity index (χ0v) is 20.7. The van der Waals surface area contributed by atoms with Crippen molar-refractivity contribution in [2.24, 2.45) is 0 Å². The van der Waals surface area contributed by atoms with Crippen molar-refractivity contribution in [3.63, 3.8) is 0 Å². The number of hydrogen-bond donors (Lipinski definition) is 1. The average Bonchev–Trinajstić information content (AvgIpc) is 3.18. The fourth-order valence-corrected chi connectivity index (χ4v) is 3.73. The minimum Gasteiger partial charge on any atom is -0.476 e. The van der Waals surface area contributed by atoms with Crippen LogP contribution in [-0.4, -0.2) is 68.4 Å². The second-order valence-corrected chi connectivity index (χ2v) is 8.88. The van der Waals surface area contributed by atoms with Crippen LogP contribution in [0.25, 0.3) is 16.8 Å². The number of imidazole rings is 1. The zero-order chi connectivity index (χ0) is 25.0. The molecule has 0 atom stereocenters. The van der Waals surface area contributed by atoms with Gasteiger partial charge in [0.2, 0.25) is 0 Å². The molecule has 3 heterocycles. The Kier molecular flexibility index (Phi) is 7.44. The number of aryl methyl sites for hydroxylation is 1. The number of amides is 1. The van der Waals surface area contributed by atoms with Crippen LogP contribution in [0.1, 0.15) is 50.8 Å². The van der Waals surface area contributed by atoms with Crippen molar-refractivity contribution in [2.45, 2.75) is 47.1 Å². The van der Waals surface area contributed by atoms with E-state index >= 15 is 0 Å². The highest BCUT2D eigenvalue weighted by molar-refractivity contribution is 5.94. The first-order valence-corrected chi connectivity index (χ1v) is 11.5.